The number of hydrogen-bond donors (Lipinski definition) is 1. The molecule has 0 aromatic rings. The highest BCUT2D eigenvalue weighted by atomic mass is 16.6. The van der Waals surface area contributed by atoms with Gasteiger partial charge in [0.2, 0.25) is 0 Å². The van der Waals surface area contributed by atoms with E-state index in [0.29, 0.717) is 24.5 Å². The number of piperidine rings is 1. The van der Waals surface area contributed by atoms with Gasteiger partial charge in [-0.1, -0.05) is 25.0 Å². The molecule has 7 rings (SSSR count). The van der Waals surface area contributed by atoms with Gasteiger partial charge in [0.1, 0.15) is 18.5 Å². The lowest BCUT2D eigenvalue weighted by atomic mass is 9.35. The summed E-state index contributed by atoms with van der Waals surface area (Å²) in [7, 11) is 1.94. The van der Waals surface area contributed by atoms with Crippen LogP contribution < -0.4 is 0 Å². The second kappa shape index (κ2) is 7.81. The molecule has 2 bridgehead atoms. The van der Waals surface area contributed by atoms with Gasteiger partial charge in [-0.3, -0.25) is 4.90 Å². The van der Waals surface area contributed by atoms with Gasteiger partial charge in [0.05, 0.1) is 18.3 Å². The van der Waals surface area contributed by atoms with Crippen molar-refractivity contribution in [1.29, 1.82) is 0 Å². The van der Waals surface area contributed by atoms with E-state index in [9.17, 15) is 5.11 Å². The van der Waals surface area contributed by atoms with Crippen molar-refractivity contribution in [3.63, 3.8) is 0 Å². The first-order valence-electron chi connectivity index (χ1n) is 13.5. The van der Waals surface area contributed by atoms with Gasteiger partial charge < -0.3 is 19.3 Å². The molecule has 0 amide bonds. The monoisotopic (exact) mass is 457 g/mol. The maximum absolute atomic E-state index is 9.43. The fourth-order valence-corrected chi connectivity index (χ4v) is 9.51. The highest BCUT2D eigenvalue weighted by Crippen LogP contribution is 2.77. The maximum atomic E-state index is 9.43. The van der Waals surface area contributed by atoms with Crippen molar-refractivity contribution < 1.29 is 19.3 Å². The van der Waals surface area contributed by atoms with E-state index in [1.165, 1.54) is 50.8 Å². The lowest BCUT2D eigenvalue weighted by molar-refractivity contribution is -0.306. The van der Waals surface area contributed by atoms with Crippen LogP contribution in [0.4, 0.5) is 0 Å². The number of hydrogen-bond acceptors (Lipinski definition) is 5. The minimum absolute atomic E-state index is 0.0308. The zero-order valence-corrected chi connectivity index (χ0v) is 21.0. The SMILES string of the molecule is CCC1CC23CC[C@]1(OC)C1OC4C(OCCO)=CC=C(C)C4[C@]12CCN(CC1CC1)C3C. The molecule has 6 unspecified atom stereocenters. The molecule has 5 aliphatic carbocycles. The fraction of sp³-hybridized carbons (Fsp3) is 0.857. The molecule has 0 aromatic carbocycles. The van der Waals surface area contributed by atoms with Crippen LogP contribution in [0.25, 0.3) is 0 Å². The van der Waals surface area contributed by atoms with Crippen molar-refractivity contribution >= 4 is 0 Å². The van der Waals surface area contributed by atoms with E-state index in [-0.39, 0.29) is 35.2 Å². The molecule has 1 N–H and O–H groups in total. The van der Waals surface area contributed by atoms with E-state index in [0.717, 1.165) is 24.5 Å². The number of allylic oxidation sites excluding steroid dienone is 2. The van der Waals surface area contributed by atoms with Gasteiger partial charge in [0.25, 0.3) is 0 Å². The molecule has 0 radical (unpaired) electrons. The van der Waals surface area contributed by atoms with Crippen LogP contribution in [0, 0.1) is 28.6 Å². The normalized spacial score (nSPS) is 48.6. The minimum Gasteiger partial charge on any atom is -0.493 e. The number of likely N-dealkylation sites (tertiary alicyclic amines) is 1. The molecular weight excluding hydrogens is 414 g/mol. The first-order chi connectivity index (χ1) is 16.0. The zero-order chi connectivity index (χ0) is 23.0. The van der Waals surface area contributed by atoms with E-state index < -0.39 is 0 Å². The summed E-state index contributed by atoms with van der Waals surface area (Å²) >= 11 is 0. The van der Waals surface area contributed by atoms with Crippen LogP contribution in [-0.4, -0.2) is 67.3 Å². The van der Waals surface area contributed by atoms with Crippen molar-refractivity contribution in [1.82, 2.24) is 4.90 Å². The lowest BCUT2D eigenvalue weighted by Crippen LogP contribution is -2.77. The summed E-state index contributed by atoms with van der Waals surface area (Å²) in [4.78, 5) is 2.85. The topological polar surface area (TPSA) is 51.2 Å². The van der Waals surface area contributed by atoms with Crippen LogP contribution >= 0.6 is 0 Å². The van der Waals surface area contributed by atoms with Gasteiger partial charge in [0.15, 0.2) is 0 Å². The molecule has 33 heavy (non-hydrogen) atoms. The Morgan fingerprint density at radius 2 is 2.03 bits per heavy atom. The largest absolute Gasteiger partial charge is 0.493 e. The summed E-state index contributed by atoms with van der Waals surface area (Å²) in [5, 5.41) is 9.43. The van der Waals surface area contributed by atoms with Crippen molar-refractivity contribution in [3.8, 4) is 0 Å². The van der Waals surface area contributed by atoms with Crippen LogP contribution in [-0.2, 0) is 14.2 Å². The molecule has 184 valence electrons. The highest BCUT2D eigenvalue weighted by molar-refractivity contribution is 5.39. The van der Waals surface area contributed by atoms with Gasteiger partial charge in [-0.05, 0) is 82.2 Å². The second-order valence-corrected chi connectivity index (χ2v) is 12.0. The standard InChI is InChI=1S/C28H43NO4/c1-5-21-16-26-10-11-28(21,31-4)25-27(26,12-13-29(19(26)3)17-20-7-8-20)23-18(2)6-9-22(24(23)33-25)32-15-14-30/h6,9,19-21,23-25,30H,5,7-8,10-17H2,1-4H3/t19?,21?,23?,24?,25?,26?,27-,28-/m1/s1. The second-order valence-electron chi connectivity index (χ2n) is 12.0. The van der Waals surface area contributed by atoms with Crippen molar-refractivity contribution in [2.24, 2.45) is 28.6 Å². The Balaban J connectivity index is 1.48. The van der Waals surface area contributed by atoms with Crippen LogP contribution in [0.5, 0.6) is 0 Å². The Labute approximate surface area is 199 Å². The van der Waals surface area contributed by atoms with Crippen LogP contribution in [0.1, 0.15) is 65.7 Å². The maximum Gasteiger partial charge on any atom is 0.126 e. The number of rotatable bonds is 7. The molecular formula is C28H43NO4. The zero-order valence-electron chi connectivity index (χ0n) is 21.0. The predicted octanol–water partition coefficient (Wildman–Crippen LogP) is 4.31. The van der Waals surface area contributed by atoms with E-state index in [1.54, 1.807) is 0 Å². The number of methoxy groups -OCH3 is 1. The van der Waals surface area contributed by atoms with Gasteiger partial charge >= 0.3 is 0 Å². The molecule has 7 aliphatic rings. The molecule has 2 heterocycles. The Morgan fingerprint density at radius 1 is 1.21 bits per heavy atom. The summed E-state index contributed by atoms with van der Waals surface area (Å²) in [6, 6.07) is 0.571. The third-order valence-corrected chi connectivity index (χ3v) is 11.1. The first kappa shape index (κ1) is 22.6. The third-order valence-electron chi connectivity index (χ3n) is 11.1. The van der Waals surface area contributed by atoms with Gasteiger partial charge in [-0.2, -0.15) is 0 Å². The molecule has 5 nitrogen and oxygen atoms in total. The molecule has 2 spiro atoms. The molecule has 6 fully saturated rings. The molecule has 0 aromatic heterocycles. The number of aliphatic hydroxyl groups excluding tert-OH is 1. The van der Waals surface area contributed by atoms with Crippen molar-refractivity contribution in [3.05, 3.63) is 23.5 Å². The fourth-order valence-electron chi connectivity index (χ4n) is 9.51. The third kappa shape index (κ3) is 2.80. The summed E-state index contributed by atoms with van der Waals surface area (Å²) in [5.74, 6) is 2.70. The average Bonchev–Trinajstić information content (AvgIpc) is 3.58. The average molecular weight is 458 g/mol. The van der Waals surface area contributed by atoms with Crippen molar-refractivity contribution in [2.45, 2.75) is 89.6 Å². The first-order valence-corrected chi connectivity index (χ1v) is 13.5. The Bertz CT molecular complexity index is 851. The highest BCUT2D eigenvalue weighted by Gasteiger charge is 2.80. The molecule has 4 saturated carbocycles. The number of ether oxygens (including phenoxy) is 3. The number of fused-ring (bicyclic) bond motifs is 3. The Kier molecular flexibility index (Phi) is 5.34. The van der Waals surface area contributed by atoms with E-state index in [1.807, 2.05) is 7.11 Å². The molecule has 2 aliphatic heterocycles. The van der Waals surface area contributed by atoms with Crippen LogP contribution in [0.3, 0.4) is 0 Å². The molecule has 5 heteroatoms. The van der Waals surface area contributed by atoms with Crippen LogP contribution in [0.2, 0.25) is 0 Å². The number of nitrogens with zero attached hydrogens (tertiary/aromatic N) is 1. The van der Waals surface area contributed by atoms with Crippen molar-refractivity contribution in [2.75, 3.05) is 33.4 Å². The minimum atomic E-state index is -0.200. The van der Waals surface area contributed by atoms with Gasteiger partial charge in [-0.25, -0.2) is 0 Å². The van der Waals surface area contributed by atoms with Gasteiger partial charge in [0, 0.05) is 31.0 Å². The summed E-state index contributed by atoms with van der Waals surface area (Å²) < 4.78 is 19.8. The Hall–Kier alpha value is -0.880. The van der Waals surface area contributed by atoms with Crippen LogP contribution in [0.15, 0.2) is 23.5 Å². The number of aliphatic hydroxyl groups is 1. The summed E-state index contributed by atoms with van der Waals surface area (Å²) in [5.41, 5.74) is 1.57. The van der Waals surface area contributed by atoms with E-state index >= 15 is 0 Å². The summed E-state index contributed by atoms with van der Waals surface area (Å²) in [6.07, 6.45) is 13.2. The predicted molar refractivity (Wildman–Crippen MR) is 128 cm³/mol. The summed E-state index contributed by atoms with van der Waals surface area (Å²) in [6.45, 7) is 10.0. The smallest absolute Gasteiger partial charge is 0.126 e. The van der Waals surface area contributed by atoms with Gasteiger partial charge in [-0.15, -0.1) is 0 Å². The van der Waals surface area contributed by atoms with E-state index in [2.05, 4.69) is 37.8 Å². The Morgan fingerprint density at radius 3 is 2.73 bits per heavy atom. The lowest BCUT2D eigenvalue weighted by Gasteiger charge is -2.73. The van der Waals surface area contributed by atoms with E-state index in [4.69, 9.17) is 14.2 Å². The molecule has 8 atom stereocenters. The quantitative estimate of drug-likeness (QED) is 0.617. The molecule has 2 saturated heterocycles.